The van der Waals surface area contributed by atoms with Gasteiger partial charge in [0.1, 0.15) is 11.5 Å². The van der Waals surface area contributed by atoms with Crippen molar-refractivity contribution in [3.05, 3.63) is 30.7 Å². The van der Waals surface area contributed by atoms with Crippen LogP contribution in [0.4, 0.5) is 5.69 Å². The standard InChI is InChI=1S/C11H13N3O4S/c1-17-8-3-4-9(10(5-8)18-2)14-19(15,16)11-6-12-7-13-11/h3-7,14H,1-2H3,(H,12,13). The highest BCUT2D eigenvalue weighted by Gasteiger charge is 2.18. The topological polar surface area (TPSA) is 93.3 Å². The van der Waals surface area contributed by atoms with Crippen LogP contribution in [0.15, 0.2) is 35.7 Å². The van der Waals surface area contributed by atoms with E-state index in [1.807, 2.05) is 0 Å². The zero-order chi connectivity index (χ0) is 13.9. The Morgan fingerprint density at radius 1 is 1.26 bits per heavy atom. The van der Waals surface area contributed by atoms with E-state index in [4.69, 9.17) is 9.47 Å². The van der Waals surface area contributed by atoms with Gasteiger partial charge in [-0.25, -0.2) is 4.98 Å². The van der Waals surface area contributed by atoms with Gasteiger partial charge in [-0.2, -0.15) is 8.42 Å². The van der Waals surface area contributed by atoms with Crippen LogP contribution in [0.1, 0.15) is 0 Å². The largest absolute Gasteiger partial charge is 0.497 e. The summed E-state index contributed by atoms with van der Waals surface area (Å²) in [4.78, 5) is 6.20. The van der Waals surface area contributed by atoms with Crippen molar-refractivity contribution in [2.45, 2.75) is 5.03 Å². The van der Waals surface area contributed by atoms with Gasteiger partial charge in [0, 0.05) is 6.07 Å². The molecule has 0 spiro atoms. The van der Waals surface area contributed by atoms with Crippen LogP contribution >= 0.6 is 0 Å². The molecule has 2 N–H and O–H groups in total. The number of anilines is 1. The number of sulfonamides is 1. The van der Waals surface area contributed by atoms with Crippen molar-refractivity contribution in [3.8, 4) is 11.5 Å². The molecule has 0 aliphatic rings. The molecular formula is C11H13N3O4S. The zero-order valence-corrected chi connectivity index (χ0v) is 11.2. The number of rotatable bonds is 5. The normalized spacial score (nSPS) is 11.1. The van der Waals surface area contributed by atoms with Crippen LogP contribution in [0.25, 0.3) is 0 Å². The van der Waals surface area contributed by atoms with Crippen molar-refractivity contribution in [1.82, 2.24) is 9.97 Å². The second kappa shape index (κ2) is 5.19. The lowest BCUT2D eigenvalue weighted by Crippen LogP contribution is -2.14. The maximum atomic E-state index is 12.0. The summed E-state index contributed by atoms with van der Waals surface area (Å²) in [6.45, 7) is 0. The van der Waals surface area contributed by atoms with Crippen LogP contribution in [0, 0.1) is 0 Å². The van der Waals surface area contributed by atoms with E-state index in [1.165, 1.54) is 26.7 Å². The first-order valence-electron chi connectivity index (χ1n) is 5.30. The van der Waals surface area contributed by atoms with E-state index >= 15 is 0 Å². The molecule has 0 unspecified atom stereocenters. The molecule has 1 heterocycles. The van der Waals surface area contributed by atoms with Crippen molar-refractivity contribution in [1.29, 1.82) is 0 Å². The molecule has 0 amide bonds. The van der Waals surface area contributed by atoms with E-state index in [1.54, 1.807) is 18.2 Å². The van der Waals surface area contributed by atoms with E-state index in [0.29, 0.717) is 17.2 Å². The van der Waals surface area contributed by atoms with Crippen LogP contribution < -0.4 is 14.2 Å². The van der Waals surface area contributed by atoms with Gasteiger partial charge in [-0.05, 0) is 12.1 Å². The first-order valence-corrected chi connectivity index (χ1v) is 6.78. The maximum absolute atomic E-state index is 12.0. The molecule has 0 fully saturated rings. The quantitative estimate of drug-likeness (QED) is 0.860. The molecule has 1 aromatic heterocycles. The van der Waals surface area contributed by atoms with Gasteiger partial charge in [0.05, 0.1) is 32.4 Å². The Morgan fingerprint density at radius 3 is 2.63 bits per heavy atom. The van der Waals surface area contributed by atoms with Crippen molar-refractivity contribution in [2.75, 3.05) is 18.9 Å². The Labute approximate surface area is 110 Å². The summed E-state index contributed by atoms with van der Waals surface area (Å²) < 4.78 is 36.6. The van der Waals surface area contributed by atoms with Gasteiger partial charge >= 0.3 is 0 Å². The van der Waals surface area contributed by atoms with Crippen LogP contribution in [-0.2, 0) is 10.0 Å². The Balaban J connectivity index is 2.34. The predicted octanol–water partition coefficient (Wildman–Crippen LogP) is 1.23. The molecule has 0 saturated heterocycles. The van der Waals surface area contributed by atoms with Gasteiger partial charge in [-0.1, -0.05) is 0 Å². The molecule has 0 aliphatic carbocycles. The fourth-order valence-electron chi connectivity index (χ4n) is 1.47. The number of hydrogen-bond acceptors (Lipinski definition) is 5. The van der Waals surface area contributed by atoms with E-state index in [9.17, 15) is 8.42 Å². The number of benzene rings is 1. The number of aromatic amines is 1. The summed E-state index contributed by atoms with van der Waals surface area (Å²) in [5.74, 6) is 0.934. The second-order valence-electron chi connectivity index (χ2n) is 3.59. The summed E-state index contributed by atoms with van der Waals surface area (Å²) in [6.07, 6.45) is 2.51. The Bertz CT molecular complexity index is 653. The number of ether oxygens (including phenoxy) is 2. The van der Waals surface area contributed by atoms with E-state index in [-0.39, 0.29) is 5.03 Å². The van der Waals surface area contributed by atoms with Crippen LogP contribution in [0.5, 0.6) is 11.5 Å². The minimum atomic E-state index is -3.71. The minimum Gasteiger partial charge on any atom is -0.497 e. The molecule has 7 nitrogen and oxygen atoms in total. The average molecular weight is 283 g/mol. The molecular weight excluding hydrogens is 270 g/mol. The molecule has 0 saturated carbocycles. The highest BCUT2D eigenvalue weighted by Crippen LogP contribution is 2.30. The summed E-state index contributed by atoms with van der Waals surface area (Å²) in [6, 6.07) is 4.78. The van der Waals surface area contributed by atoms with Gasteiger partial charge in [0.2, 0.25) is 0 Å². The fraction of sp³-hybridized carbons (Fsp3) is 0.182. The number of hydrogen-bond donors (Lipinski definition) is 2. The third-order valence-corrected chi connectivity index (χ3v) is 3.71. The highest BCUT2D eigenvalue weighted by molar-refractivity contribution is 7.92. The number of imidazole rings is 1. The predicted molar refractivity (Wildman–Crippen MR) is 68.9 cm³/mol. The third-order valence-electron chi connectivity index (χ3n) is 2.42. The van der Waals surface area contributed by atoms with E-state index < -0.39 is 10.0 Å². The second-order valence-corrected chi connectivity index (χ2v) is 5.24. The molecule has 19 heavy (non-hydrogen) atoms. The molecule has 0 bridgehead atoms. The van der Waals surface area contributed by atoms with Crippen LogP contribution in [0.3, 0.4) is 0 Å². The number of nitrogens with one attached hydrogen (secondary N) is 2. The Morgan fingerprint density at radius 2 is 2.05 bits per heavy atom. The van der Waals surface area contributed by atoms with Crippen molar-refractivity contribution in [3.63, 3.8) is 0 Å². The monoisotopic (exact) mass is 283 g/mol. The van der Waals surface area contributed by atoms with Crippen LogP contribution in [0.2, 0.25) is 0 Å². The maximum Gasteiger partial charge on any atom is 0.279 e. The van der Waals surface area contributed by atoms with E-state index in [0.717, 1.165) is 0 Å². The molecule has 2 rings (SSSR count). The summed E-state index contributed by atoms with van der Waals surface area (Å²) in [7, 11) is -0.747. The van der Waals surface area contributed by atoms with Crippen molar-refractivity contribution in [2.24, 2.45) is 0 Å². The van der Waals surface area contributed by atoms with Gasteiger partial charge in [-0.15, -0.1) is 0 Å². The Hall–Kier alpha value is -2.22. The smallest absolute Gasteiger partial charge is 0.279 e. The third kappa shape index (κ3) is 2.79. The SMILES string of the molecule is COc1ccc(NS(=O)(=O)c2cnc[nH]2)c(OC)c1. The number of nitrogens with zero attached hydrogens (tertiary/aromatic N) is 1. The lowest BCUT2D eigenvalue weighted by molar-refractivity contribution is 0.395. The highest BCUT2D eigenvalue weighted by atomic mass is 32.2. The molecule has 2 aromatic rings. The molecule has 0 atom stereocenters. The van der Waals surface area contributed by atoms with Gasteiger partial charge in [0.15, 0.2) is 5.03 Å². The summed E-state index contributed by atoms with van der Waals surface area (Å²) in [5, 5.41) is -0.0228. The minimum absolute atomic E-state index is 0.0228. The number of aromatic nitrogens is 2. The lowest BCUT2D eigenvalue weighted by atomic mass is 10.3. The van der Waals surface area contributed by atoms with Crippen LogP contribution in [-0.4, -0.2) is 32.6 Å². The molecule has 102 valence electrons. The average Bonchev–Trinajstić information content (AvgIpc) is 2.93. The van der Waals surface area contributed by atoms with Crippen molar-refractivity contribution < 1.29 is 17.9 Å². The fourth-order valence-corrected chi connectivity index (χ4v) is 2.45. The molecule has 8 heteroatoms. The Kier molecular flexibility index (Phi) is 3.61. The summed E-state index contributed by atoms with van der Waals surface area (Å²) >= 11 is 0. The number of H-pyrrole nitrogens is 1. The van der Waals surface area contributed by atoms with Gasteiger partial charge < -0.3 is 14.5 Å². The van der Waals surface area contributed by atoms with Crippen molar-refractivity contribution >= 4 is 15.7 Å². The molecule has 0 radical (unpaired) electrons. The molecule has 1 aromatic carbocycles. The number of methoxy groups -OCH3 is 2. The lowest BCUT2D eigenvalue weighted by Gasteiger charge is -2.11. The first-order chi connectivity index (χ1) is 9.06. The van der Waals surface area contributed by atoms with E-state index in [2.05, 4.69) is 14.7 Å². The van der Waals surface area contributed by atoms with Gasteiger partial charge in [0.25, 0.3) is 10.0 Å². The zero-order valence-electron chi connectivity index (χ0n) is 10.4. The van der Waals surface area contributed by atoms with Gasteiger partial charge in [-0.3, -0.25) is 4.72 Å². The first kappa shape index (κ1) is 13.2. The summed E-state index contributed by atoms with van der Waals surface area (Å²) in [5.41, 5.74) is 0.318. The molecule has 0 aliphatic heterocycles.